The highest BCUT2D eigenvalue weighted by atomic mass is 35.5. The van der Waals surface area contributed by atoms with Crippen LogP contribution >= 0.6 is 11.6 Å². The van der Waals surface area contributed by atoms with Gasteiger partial charge in [0.2, 0.25) is 5.91 Å². The van der Waals surface area contributed by atoms with Crippen LogP contribution in [0, 0.1) is 11.8 Å². The summed E-state index contributed by atoms with van der Waals surface area (Å²) >= 11 is 5.65. The van der Waals surface area contributed by atoms with Crippen molar-refractivity contribution in [1.29, 1.82) is 0 Å². The predicted molar refractivity (Wildman–Crippen MR) is 58.7 cm³/mol. The zero-order chi connectivity index (χ0) is 11.3. The molecule has 0 aliphatic carbocycles. The minimum atomic E-state index is -0.135. The van der Waals surface area contributed by atoms with Crippen molar-refractivity contribution in [2.45, 2.75) is 6.92 Å². The number of amides is 1. The highest BCUT2D eigenvalue weighted by Crippen LogP contribution is 2.20. The van der Waals surface area contributed by atoms with Crippen LogP contribution in [0.2, 0.25) is 5.02 Å². The number of carbonyl (C=O) groups is 1. The minimum Gasteiger partial charge on any atom is -0.507 e. The second-order valence-electron chi connectivity index (χ2n) is 2.87. The molecule has 2 N–H and O–H groups in total. The highest BCUT2D eigenvalue weighted by molar-refractivity contribution is 6.30. The van der Waals surface area contributed by atoms with Gasteiger partial charge in [-0.05, 0) is 18.2 Å². The summed E-state index contributed by atoms with van der Waals surface area (Å²) in [6, 6.07) is 4.69. The number of nitrogens with one attached hydrogen (secondary N) is 1. The number of aromatic hydroxyl groups is 1. The normalized spacial score (nSPS) is 8.93. The average molecular weight is 224 g/mol. The van der Waals surface area contributed by atoms with E-state index in [1.54, 1.807) is 12.1 Å². The monoisotopic (exact) mass is 223 g/mol. The molecule has 1 amide bonds. The first-order valence-electron chi connectivity index (χ1n) is 4.31. The number of carbonyl (C=O) groups excluding carboxylic acids is 1. The summed E-state index contributed by atoms with van der Waals surface area (Å²) in [7, 11) is 0. The lowest BCUT2D eigenvalue weighted by atomic mass is 10.2. The van der Waals surface area contributed by atoms with Crippen LogP contribution in [0.5, 0.6) is 5.75 Å². The second-order valence-corrected chi connectivity index (χ2v) is 3.31. The summed E-state index contributed by atoms with van der Waals surface area (Å²) in [5.74, 6) is 5.34. The summed E-state index contributed by atoms with van der Waals surface area (Å²) in [5.41, 5.74) is 0.491. The fourth-order valence-corrected chi connectivity index (χ4v) is 1.08. The molecule has 1 rings (SSSR count). The van der Waals surface area contributed by atoms with Crippen LogP contribution in [0.15, 0.2) is 18.2 Å². The zero-order valence-electron chi connectivity index (χ0n) is 8.17. The van der Waals surface area contributed by atoms with Gasteiger partial charge in [-0.2, -0.15) is 0 Å². The van der Waals surface area contributed by atoms with Crippen molar-refractivity contribution >= 4 is 17.5 Å². The van der Waals surface area contributed by atoms with Crippen LogP contribution in [-0.2, 0) is 4.79 Å². The summed E-state index contributed by atoms with van der Waals surface area (Å²) in [4.78, 5) is 10.5. The molecule has 0 fully saturated rings. The molecule has 0 aliphatic rings. The van der Waals surface area contributed by atoms with Crippen molar-refractivity contribution in [2.75, 3.05) is 6.54 Å². The maximum atomic E-state index is 10.5. The van der Waals surface area contributed by atoms with Gasteiger partial charge in [0.1, 0.15) is 5.75 Å². The Balaban J connectivity index is 2.67. The van der Waals surface area contributed by atoms with Gasteiger partial charge in [0.05, 0.1) is 12.1 Å². The van der Waals surface area contributed by atoms with Gasteiger partial charge in [0.15, 0.2) is 0 Å². The van der Waals surface area contributed by atoms with Gasteiger partial charge in [-0.15, -0.1) is 0 Å². The van der Waals surface area contributed by atoms with Gasteiger partial charge in [0.25, 0.3) is 0 Å². The average Bonchev–Trinajstić information content (AvgIpc) is 2.14. The molecule has 3 nitrogen and oxygen atoms in total. The van der Waals surface area contributed by atoms with E-state index in [0.29, 0.717) is 10.6 Å². The Morgan fingerprint density at radius 2 is 2.33 bits per heavy atom. The van der Waals surface area contributed by atoms with Gasteiger partial charge >= 0.3 is 0 Å². The van der Waals surface area contributed by atoms with Crippen molar-refractivity contribution in [1.82, 2.24) is 5.32 Å². The molecule has 0 aromatic heterocycles. The van der Waals surface area contributed by atoms with Gasteiger partial charge in [-0.3, -0.25) is 4.79 Å². The maximum absolute atomic E-state index is 10.5. The van der Waals surface area contributed by atoms with Crippen LogP contribution in [-0.4, -0.2) is 17.6 Å². The van der Waals surface area contributed by atoms with E-state index in [0.717, 1.165) is 0 Å². The van der Waals surface area contributed by atoms with E-state index in [1.807, 2.05) is 0 Å². The summed E-state index contributed by atoms with van der Waals surface area (Å²) in [5, 5.41) is 12.4. The van der Waals surface area contributed by atoms with E-state index < -0.39 is 0 Å². The highest BCUT2D eigenvalue weighted by Gasteiger charge is 1.97. The lowest BCUT2D eigenvalue weighted by Crippen LogP contribution is -2.19. The lowest BCUT2D eigenvalue weighted by molar-refractivity contribution is -0.118. The molecule has 0 saturated heterocycles. The molecule has 0 spiro atoms. The number of halogens is 1. The van der Waals surface area contributed by atoms with Crippen molar-refractivity contribution in [2.24, 2.45) is 0 Å². The Hall–Kier alpha value is -1.66. The van der Waals surface area contributed by atoms with Crippen molar-refractivity contribution < 1.29 is 9.90 Å². The smallest absolute Gasteiger partial charge is 0.217 e. The molecule has 0 radical (unpaired) electrons. The molecule has 0 saturated carbocycles. The predicted octanol–water partition coefficient (Wildman–Crippen LogP) is 1.53. The fraction of sp³-hybridized carbons (Fsp3) is 0.182. The second kappa shape index (κ2) is 5.28. The maximum Gasteiger partial charge on any atom is 0.217 e. The van der Waals surface area contributed by atoms with Gasteiger partial charge in [-0.25, -0.2) is 0 Å². The Morgan fingerprint density at radius 3 is 2.93 bits per heavy atom. The largest absolute Gasteiger partial charge is 0.507 e. The SMILES string of the molecule is CC(=O)NCC#Cc1ccc(Cl)cc1O. The third-order valence-corrected chi connectivity index (χ3v) is 1.84. The van der Waals surface area contributed by atoms with Crippen LogP contribution in [0.25, 0.3) is 0 Å². The van der Waals surface area contributed by atoms with Crippen LogP contribution in [0.3, 0.4) is 0 Å². The number of phenols is 1. The van der Waals surface area contributed by atoms with Gasteiger partial charge in [-0.1, -0.05) is 23.4 Å². The Kier molecular flexibility index (Phi) is 4.02. The molecule has 4 heteroatoms. The molecule has 0 atom stereocenters. The fourth-order valence-electron chi connectivity index (χ4n) is 0.919. The summed E-state index contributed by atoms with van der Waals surface area (Å²) < 4.78 is 0. The first-order valence-corrected chi connectivity index (χ1v) is 4.69. The third kappa shape index (κ3) is 3.92. The number of rotatable bonds is 1. The van der Waals surface area contributed by atoms with E-state index in [1.165, 1.54) is 13.0 Å². The number of phenolic OH excluding ortho intramolecular Hbond substituents is 1. The Bertz CT molecular complexity index is 432. The van der Waals surface area contributed by atoms with Crippen LogP contribution in [0.4, 0.5) is 0 Å². The van der Waals surface area contributed by atoms with E-state index >= 15 is 0 Å². The molecule has 0 bridgehead atoms. The number of hydrogen-bond acceptors (Lipinski definition) is 2. The molecule has 1 aromatic rings. The molecule has 0 unspecified atom stereocenters. The van der Waals surface area contributed by atoms with Crippen molar-refractivity contribution in [3.05, 3.63) is 28.8 Å². The molecule has 0 heterocycles. The first kappa shape index (κ1) is 11.4. The quantitative estimate of drug-likeness (QED) is 0.710. The zero-order valence-corrected chi connectivity index (χ0v) is 8.93. The Morgan fingerprint density at radius 1 is 1.60 bits per heavy atom. The van der Waals surface area contributed by atoms with Crippen LogP contribution in [0.1, 0.15) is 12.5 Å². The van der Waals surface area contributed by atoms with E-state index in [4.69, 9.17) is 11.6 Å². The van der Waals surface area contributed by atoms with E-state index in [9.17, 15) is 9.90 Å². The lowest BCUT2D eigenvalue weighted by Gasteiger charge is -1.96. The van der Waals surface area contributed by atoms with Crippen molar-refractivity contribution in [3.63, 3.8) is 0 Å². The third-order valence-electron chi connectivity index (χ3n) is 1.61. The van der Waals surface area contributed by atoms with Gasteiger partial charge in [0, 0.05) is 11.9 Å². The van der Waals surface area contributed by atoms with Crippen LogP contribution < -0.4 is 5.32 Å². The molecule has 15 heavy (non-hydrogen) atoms. The Labute approximate surface area is 93.1 Å². The first-order chi connectivity index (χ1) is 7.09. The standard InChI is InChI=1S/C11H10ClNO2/c1-8(14)13-6-2-3-9-4-5-10(12)7-11(9)15/h4-5,7,15H,6H2,1H3,(H,13,14). The molecule has 0 aliphatic heterocycles. The van der Waals surface area contributed by atoms with E-state index in [2.05, 4.69) is 17.2 Å². The minimum absolute atomic E-state index is 0.0397. The van der Waals surface area contributed by atoms with Crippen molar-refractivity contribution in [3.8, 4) is 17.6 Å². The van der Waals surface area contributed by atoms with Gasteiger partial charge < -0.3 is 10.4 Å². The molecular weight excluding hydrogens is 214 g/mol. The summed E-state index contributed by atoms with van der Waals surface area (Å²) in [6.07, 6.45) is 0. The number of hydrogen-bond donors (Lipinski definition) is 2. The summed E-state index contributed by atoms with van der Waals surface area (Å²) in [6.45, 7) is 1.68. The topological polar surface area (TPSA) is 49.3 Å². The molecule has 78 valence electrons. The number of benzene rings is 1. The molecule has 1 aromatic carbocycles. The van der Waals surface area contributed by atoms with E-state index in [-0.39, 0.29) is 18.2 Å². The molecular formula is C11H10ClNO2.